The molecule has 0 amide bonds. The van der Waals surface area contributed by atoms with Crippen molar-refractivity contribution in [2.75, 3.05) is 32.7 Å². The van der Waals surface area contributed by atoms with Crippen LogP contribution >= 0.6 is 0 Å². The first kappa shape index (κ1) is 19.1. The number of likely N-dealkylation sites (N-methyl/N-ethyl adjacent to an activating group) is 1. The second-order valence-electron chi connectivity index (χ2n) is 7.45. The van der Waals surface area contributed by atoms with Crippen molar-refractivity contribution in [2.45, 2.75) is 51.4 Å². The number of nitrogens with one attached hydrogen (secondary N) is 1. The lowest BCUT2D eigenvalue weighted by molar-refractivity contribution is 0.174. The summed E-state index contributed by atoms with van der Waals surface area (Å²) in [5.41, 5.74) is 8.57. The number of guanidine groups is 1. The molecule has 2 heterocycles. The molecule has 0 aromatic heterocycles. The van der Waals surface area contributed by atoms with Gasteiger partial charge in [-0.1, -0.05) is 31.2 Å². The van der Waals surface area contributed by atoms with E-state index in [0.29, 0.717) is 18.5 Å². The van der Waals surface area contributed by atoms with Crippen molar-refractivity contribution in [3.05, 3.63) is 35.4 Å². The summed E-state index contributed by atoms with van der Waals surface area (Å²) >= 11 is 0. The minimum atomic E-state index is -0.182. The van der Waals surface area contributed by atoms with Crippen LogP contribution in [0.3, 0.4) is 0 Å². The molecule has 3 rings (SSSR count). The summed E-state index contributed by atoms with van der Waals surface area (Å²) in [6.45, 7) is 8.55. The standard InChI is InChI=1S/C20H33N5O/c1-2-25-10-5-8-18(25)13-23-20(21)22-12-16-6-3-4-7-17(16)14-24-11-9-19(26)15-24/h3-4,6-7,18-19,26H,2,5,8-15H2,1H3,(H3,21,22,23). The van der Waals surface area contributed by atoms with E-state index in [4.69, 9.17) is 5.73 Å². The fourth-order valence-electron chi connectivity index (χ4n) is 4.05. The van der Waals surface area contributed by atoms with E-state index >= 15 is 0 Å². The summed E-state index contributed by atoms with van der Waals surface area (Å²) < 4.78 is 0. The number of β-amino-alcohol motifs (C(OH)–C–C–N with tert-alkyl or cyclic N) is 1. The van der Waals surface area contributed by atoms with Crippen LogP contribution in [-0.4, -0.2) is 65.7 Å². The molecule has 0 bridgehead atoms. The van der Waals surface area contributed by atoms with E-state index < -0.39 is 0 Å². The maximum absolute atomic E-state index is 9.72. The normalized spacial score (nSPS) is 25.1. The molecule has 4 N–H and O–H groups in total. The molecule has 2 saturated heterocycles. The number of benzene rings is 1. The molecule has 2 atom stereocenters. The van der Waals surface area contributed by atoms with E-state index in [1.807, 2.05) is 0 Å². The van der Waals surface area contributed by atoms with Gasteiger partial charge in [0, 0.05) is 32.2 Å². The van der Waals surface area contributed by atoms with Crippen molar-refractivity contribution in [2.24, 2.45) is 10.7 Å². The molecule has 2 aliphatic rings. The van der Waals surface area contributed by atoms with Crippen LogP contribution in [0.1, 0.15) is 37.3 Å². The van der Waals surface area contributed by atoms with Gasteiger partial charge in [0.15, 0.2) is 5.96 Å². The largest absolute Gasteiger partial charge is 0.392 e. The predicted octanol–water partition coefficient (Wildman–Crippen LogP) is 1.14. The van der Waals surface area contributed by atoms with Crippen LogP contribution in [0.25, 0.3) is 0 Å². The van der Waals surface area contributed by atoms with Crippen molar-refractivity contribution in [1.29, 1.82) is 0 Å². The van der Waals surface area contributed by atoms with Gasteiger partial charge >= 0.3 is 0 Å². The first-order chi connectivity index (χ1) is 12.7. The van der Waals surface area contributed by atoms with Gasteiger partial charge < -0.3 is 16.2 Å². The van der Waals surface area contributed by atoms with E-state index in [2.05, 4.69) is 51.3 Å². The van der Waals surface area contributed by atoms with E-state index in [-0.39, 0.29) is 6.10 Å². The lowest BCUT2D eigenvalue weighted by Gasteiger charge is -2.23. The molecule has 2 unspecified atom stereocenters. The molecule has 1 aromatic carbocycles. The Morgan fingerprint density at radius 2 is 2.08 bits per heavy atom. The second-order valence-corrected chi connectivity index (χ2v) is 7.45. The van der Waals surface area contributed by atoms with Gasteiger partial charge in [-0.05, 0) is 43.5 Å². The number of aliphatic hydroxyl groups is 1. The zero-order chi connectivity index (χ0) is 18.4. The highest BCUT2D eigenvalue weighted by atomic mass is 16.3. The van der Waals surface area contributed by atoms with Gasteiger partial charge in [-0.25, -0.2) is 4.99 Å². The van der Waals surface area contributed by atoms with Crippen molar-refractivity contribution in [3.8, 4) is 0 Å². The topological polar surface area (TPSA) is 77.1 Å². The lowest BCUT2D eigenvalue weighted by atomic mass is 10.1. The molecule has 144 valence electrons. The monoisotopic (exact) mass is 359 g/mol. The third-order valence-electron chi connectivity index (χ3n) is 5.60. The Balaban J connectivity index is 1.52. The van der Waals surface area contributed by atoms with Gasteiger partial charge in [0.05, 0.1) is 12.6 Å². The number of hydrogen-bond donors (Lipinski definition) is 3. The van der Waals surface area contributed by atoms with Crippen molar-refractivity contribution in [3.63, 3.8) is 0 Å². The van der Waals surface area contributed by atoms with Crippen molar-refractivity contribution in [1.82, 2.24) is 15.1 Å². The van der Waals surface area contributed by atoms with Gasteiger partial charge in [-0.2, -0.15) is 0 Å². The minimum absolute atomic E-state index is 0.182. The quantitative estimate of drug-likeness (QED) is 0.503. The van der Waals surface area contributed by atoms with Crippen LogP contribution in [0.15, 0.2) is 29.3 Å². The average Bonchev–Trinajstić information content (AvgIpc) is 3.27. The van der Waals surface area contributed by atoms with Gasteiger partial charge in [-0.15, -0.1) is 0 Å². The molecule has 0 saturated carbocycles. The Morgan fingerprint density at radius 3 is 2.81 bits per heavy atom. The number of nitrogens with two attached hydrogens (primary N) is 1. The lowest BCUT2D eigenvalue weighted by Crippen LogP contribution is -2.42. The van der Waals surface area contributed by atoms with Crippen molar-refractivity contribution < 1.29 is 5.11 Å². The summed E-state index contributed by atoms with van der Waals surface area (Å²) in [4.78, 5) is 9.35. The fraction of sp³-hybridized carbons (Fsp3) is 0.650. The first-order valence-electron chi connectivity index (χ1n) is 9.90. The highest BCUT2D eigenvalue weighted by molar-refractivity contribution is 5.77. The van der Waals surface area contributed by atoms with Crippen LogP contribution in [-0.2, 0) is 13.1 Å². The molecule has 6 heteroatoms. The average molecular weight is 360 g/mol. The number of hydrogen-bond acceptors (Lipinski definition) is 4. The summed E-state index contributed by atoms with van der Waals surface area (Å²) in [7, 11) is 0. The van der Waals surface area contributed by atoms with Crippen LogP contribution < -0.4 is 11.1 Å². The highest BCUT2D eigenvalue weighted by Gasteiger charge is 2.23. The number of aliphatic hydroxyl groups excluding tert-OH is 1. The Morgan fingerprint density at radius 1 is 1.27 bits per heavy atom. The zero-order valence-corrected chi connectivity index (χ0v) is 15.9. The van der Waals surface area contributed by atoms with E-state index in [0.717, 1.165) is 39.1 Å². The van der Waals surface area contributed by atoms with E-state index in [9.17, 15) is 5.11 Å². The number of nitrogens with zero attached hydrogens (tertiary/aromatic N) is 3. The Labute approximate surface area is 157 Å². The molecule has 1 aromatic rings. The molecular weight excluding hydrogens is 326 g/mol. The molecule has 6 nitrogen and oxygen atoms in total. The van der Waals surface area contributed by atoms with Crippen LogP contribution in [0.2, 0.25) is 0 Å². The molecular formula is C20H33N5O. The smallest absolute Gasteiger partial charge is 0.188 e. The molecule has 0 aliphatic carbocycles. The molecule has 2 fully saturated rings. The number of likely N-dealkylation sites (tertiary alicyclic amines) is 2. The Hall–Kier alpha value is -1.63. The summed E-state index contributed by atoms with van der Waals surface area (Å²) in [6.07, 6.45) is 3.19. The predicted molar refractivity (Wildman–Crippen MR) is 106 cm³/mol. The third-order valence-corrected chi connectivity index (χ3v) is 5.60. The van der Waals surface area contributed by atoms with Crippen LogP contribution in [0, 0.1) is 0 Å². The second kappa shape index (κ2) is 9.35. The van der Waals surface area contributed by atoms with Gasteiger partial charge in [0.2, 0.25) is 0 Å². The van der Waals surface area contributed by atoms with E-state index in [1.54, 1.807) is 0 Å². The molecule has 2 aliphatic heterocycles. The zero-order valence-electron chi connectivity index (χ0n) is 15.9. The van der Waals surface area contributed by atoms with Gasteiger partial charge in [0.1, 0.15) is 0 Å². The maximum atomic E-state index is 9.72. The summed E-state index contributed by atoms with van der Waals surface area (Å²) in [5, 5.41) is 13.0. The molecule has 0 spiro atoms. The van der Waals surface area contributed by atoms with Crippen molar-refractivity contribution >= 4 is 5.96 Å². The fourth-order valence-corrected chi connectivity index (χ4v) is 4.05. The maximum Gasteiger partial charge on any atom is 0.188 e. The molecule has 26 heavy (non-hydrogen) atoms. The molecule has 0 radical (unpaired) electrons. The van der Waals surface area contributed by atoms with Gasteiger partial charge in [-0.3, -0.25) is 9.80 Å². The Bertz CT molecular complexity index is 606. The number of aliphatic imine (C=N–C) groups is 1. The van der Waals surface area contributed by atoms with Crippen LogP contribution in [0.4, 0.5) is 0 Å². The minimum Gasteiger partial charge on any atom is -0.392 e. The first-order valence-corrected chi connectivity index (χ1v) is 9.90. The third kappa shape index (κ3) is 5.19. The van der Waals surface area contributed by atoms with Crippen LogP contribution in [0.5, 0.6) is 0 Å². The highest BCUT2D eigenvalue weighted by Crippen LogP contribution is 2.17. The SMILES string of the molecule is CCN1CCCC1CNC(N)=NCc1ccccc1CN1CCC(O)C1. The van der Waals surface area contributed by atoms with Gasteiger partial charge in [0.25, 0.3) is 0 Å². The number of rotatable bonds is 7. The van der Waals surface area contributed by atoms with E-state index in [1.165, 1.54) is 30.5 Å². The Kier molecular flexibility index (Phi) is 6.88. The summed E-state index contributed by atoms with van der Waals surface area (Å²) in [6, 6.07) is 8.96. The summed E-state index contributed by atoms with van der Waals surface area (Å²) in [5.74, 6) is 0.527.